The van der Waals surface area contributed by atoms with E-state index in [1.165, 1.54) is 12.5 Å². The van der Waals surface area contributed by atoms with Gasteiger partial charge in [0.2, 0.25) is 5.91 Å². The molecule has 0 aliphatic heterocycles. The maximum atomic E-state index is 12.0. The quantitative estimate of drug-likeness (QED) is 0.642. The highest BCUT2D eigenvalue weighted by molar-refractivity contribution is 5.77. The first-order valence-electron chi connectivity index (χ1n) is 7.28. The van der Waals surface area contributed by atoms with E-state index in [0.29, 0.717) is 5.56 Å². The second kappa shape index (κ2) is 6.67. The summed E-state index contributed by atoms with van der Waals surface area (Å²) >= 11 is 0. The van der Waals surface area contributed by atoms with Crippen LogP contribution in [-0.2, 0) is 11.3 Å². The van der Waals surface area contributed by atoms with E-state index in [1.54, 1.807) is 18.2 Å². The predicted octanol–water partition coefficient (Wildman–Crippen LogP) is 2.26. The molecule has 1 aliphatic carbocycles. The number of carbonyl (C=O) groups excluding carboxylic acids is 1. The standard InChI is InChI=1S/C15H21N3O3/c16-15(8-4-1-5-9-15)10-14(19)17-11-12-6-2-3-7-13(12)18(20)21/h2-3,6-7H,1,4-5,8-11,16H2,(H,17,19). The van der Waals surface area contributed by atoms with Crippen LogP contribution >= 0.6 is 0 Å². The molecule has 1 fully saturated rings. The molecule has 2 rings (SSSR count). The monoisotopic (exact) mass is 291 g/mol. The zero-order valence-electron chi connectivity index (χ0n) is 12.0. The highest BCUT2D eigenvalue weighted by atomic mass is 16.6. The largest absolute Gasteiger partial charge is 0.352 e. The van der Waals surface area contributed by atoms with Gasteiger partial charge in [-0.1, -0.05) is 37.5 Å². The highest BCUT2D eigenvalue weighted by Crippen LogP contribution is 2.28. The van der Waals surface area contributed by atoms with Gasteiger partial charge in [0.05, 0.1) is 4.92 Å². The molecule has 0 bridgehead atoms. The second-order valence-corrected chi connectivity index (χ2v) is 5.76. The number of hydrogen-bond donors (Lipinski definition) is 2. The maximum Gasteiger partial charge on any atom is 0.274 e. The normalized spacial score (nSPS) is 17.2. The summed E-state index contributed by atoms with van der Waals surface area (Å²) in [6.45, 7) is 0.159. The average Bonchev–Trinajstić information content (AvgIpc) is 2.45. The van der Waals surface area contributed by atoms with Gasteiger partial charge in [0.25, 0.3) is 5.69 Å². The van der Waals surface area contributed by atoms with Crippen LogP contribution in [0.2, 0.25) is 0 Å². The van der Waals surface area contributed by atoms with Gasteiger partial charge in [0.1, 0.15) is 0 Å². The summed E-state index contributed by atoms with van der Waals surface area (Å²) in [7, 11) is 0. The molecule has 0 saturated heterocycles. The Labute approximate surface area is 123 Å². The van der Waals surface area contributed by atoms with Gasteiger partial charge >= 0.3 is 0 Å². The van der Waals surface area contributed by atoms with Crippen molar-refractivity contribution in [3.05, 3.63) is 39.9 Å². The molecule has 0 unspecified atom stereocenters. The topological polar surface area (TPSA) is 98.3 Å². The number of nitrogens with one attached hydrogen (secondary N) is 1. The van der Waals surface area contributed by atoms with Gasteiger partial charge in [-0.05, 0) is 12.8 Å². The van der Waals surface area contributed by atoms with Crippen molar-refractivity contribution in [2.45, 2.75) is 50.6 Å². The highest BCUT2D eigenvalue weighted by Gasteiger charge is 2.30. The lowest BCUT2D eigenvalue weighted by atomic mass is 9.80. The number of nitrogens with two attached hydrogens (primary N) is 1. The molecule has 1 aromatic carbocycles. The van der Waals surface area contributed by atoms with Crippen molar-refractivity contribution in [2.75, 3.05) is 0 Å². The van der Waals surface area contributed by atoms with Gasteiger partial charge in [-0.25, -0.2) is 0 Å². The Balaban J connectivity index is 1.91. The molecule has 0 heterocycles. The Kier molecular flexibility index (Phi) is 4.90. The summed E-state index contributed by atoms with van der Waals surface area (Å²) in [6.07, 6.45) is 5.32. The summed E-state index contributed by atoms with van der Waals surface area (Å²) in [6, 6.07) is 6.42. The number of nitro groups is 1. The predicted molar refractivity (Wildman–Crippen MR) is 79.6 cm³/mol. The summed E-state index contributed by atoms with van der Waals surface area (Å²) in [5.41, 5.74) is 6.36. The van der Waals surface area contributed by atoms with Gasteiger partial charge in [-0.15, -0.1) is 0 Å². The Bertz CT molecular complexity index is 525. The fraction of sp³-hybridized carbons (Fsp3) is 0.533. The number of para-hydroxylation sites is 1. The number of nitrogens with zero attached hydrogens (tertiary/aromatic N) is 1. The molecule has 0 spiro atoms. The minimum atomic E-state index is -0.437. The number of nitro benzene ring substituents is 1. The number of rotatable bonds is 5. The molecule has 114 valence electrons. The number of benzene rings is 1. The number of amides is 1. The van der Waals surface area contributed by atoms with Crippen LogP contribution in [0.5, 0.6) is 0 Å². The molecule has 3 N–H and O–H groups in total. The Morgan fingerprint density at radius 2 is 1.95 bits per heavy atom. The molecule has 0 atom stereocenters. The smallest absolute Gasteiger partial charge is 0.274 e. The Hall–Kier alpha value is -1.95. The zero-order valence-corrected chi connectivity index (χ0v) is 12.0. The minimum absolute atomic E-state index is 0.0259. The molecular weight excluding hydrogens is 270 g/mol. The maximum absolute atomic E-state index is 12.0. The van der Waals surface area contributed by atoms with Crippen molar-refractivity contribution in [1.29, 1.82) is 0 Å². The van der Waals surface area contributed by atoms with E-state index in [0.717, 1.165) is 25.7 Å². The van der Waals surface area contributed by atoms with Gasteiger partial charge in [0.15, 0.2) is 0 Å². The minimum Gasteiger partial charge on any atom is -0.352 e. The first-order chi connectivity index (χ1) is 10.0. The summed E-state index contributed by atoms with van der Waals surface area (Å²) in [5.74, 6) is -0.141. The Morgan fingerprint density at radius 3 is 2.62 bits per heavy atom. The third-order valence-corrected chi connectivity index (χ3v) is 4.03. The van der Waals surface area contributed by atoms with E-state index in [-0.39, 0.29) is 24.6 Å². The van der Waals surface area contributed by atoms with Crippen LogP contribution in [0, 0.1) is 10.1 Å². The van der Waals surface area contributed by atoms with Crippen molar-refractivity contribution < 1.29 is 9.72 Å². The molecule has 1 aliphatic rings. The van der Waals surface area contributed by atoms with E-state index in [4.69, 9.17) is 5.73 Å². The van der Waals surface area contributed by atoms with Crippen molar-refractivity contribution in [2.24, 2.45) is 5.73 Å². The van der Waals surface area contributed by atoms with Crippen LogP contribution in [0.4, 0.5) is 5.69 Å². The third-order valence-electron chi connectivity index (χ3n) is 4.03. The third kappa shape index (κ3) is 4.26. The van der Waals surface area contributed by atoms with E-state index in [2.05, 4.69) is 5.32 Å². The first kappa shape index (κ1) is 15.4. The van der Waals surface area contributed by atoms with Crippen molar-refractivity contribution in [3.8, 4) is 0 Å². The lowest BCUT2D eigenvalue weighted by molar-refractivity contribution is -0.385. The number of carbonyl (C=O) groups is 1. The zero-order chi connectivity index (χ0) is 15.3. The van der Waals surface area contributed by atoms with Gasteiger partial charge in [0, 0.05) is 30.1 Å². The van der Waals surface area contributed by atoms with Crippen LogP contribution < -0.4 is 11.1 Å². The molecule has 6 heteroatoms. The molecule has 21 heavy (non-hydrogen) atoms. The lowest BCUT2D eigenvalue weighted by Crippen LogP contribution is -2.45. The van der Waals surface area contributed by atoms with Gasteiger partial charge in [-0.3, -0.25) is 14.9 Å². The summed E-state index contributed by atoms with van der Waals surface area (Å²) in [5, 5.41) is 13.7. The van der Waals surface area contributed by atoms with Crippen LogP contribution in [0.25, 0.3) is 0 Å². The van der Waals surface area contributed by atoms with E-state index in [1.807, 2.05) is 0 Å². The molecule has 1 aromatic rings. The number of hydrogen-bond acceptors (Lipinski definition) is 4. The molecule has 0 radical (unpaired) electrons. The second-order valence-electron chi connectivity index (χ2n) is 5.76. The molecule has 0 aromatic heterocycles. The van der Waals surface area contributed by atoms with Crippen LogP contribution in [0.3, 0.4) is 0 Å². The fourth-order valence-corrected chi connectivity index (χ4v) is 2.85. The van der Waals surface area contributed by atoms with E-state index in [9.17, 15) is 14.9 Å². The van der Waals surface area contributed by atoms with Crippen LogP contribution in [0.15, 0.2) is 24.3 Å². The Morgan fingerprint density at radius 1 is 1.29 bits per heavy atom. The van der Waals surface area contributed by atoms with Crippen LogP contribution in [0.1, 0.15) is 44.1 Å². The fourth-order valence-electron chi connectivity index (χ4n) is 2.85. The van der Waals surface area contributed by atoms with E-state index >= 15 is 0 Å². The van der Waals surface area contributed by atoms with E-state index < -0.39 is 10.5 Å². The molecule has 6 nitrogen and oxygen atoms in total. The summed E-state index contributed by atoms with van der Waals surface area (Å²) < 4.78 is 0. The first-order valence-corrected chi connectivity index (χ1v) is 7.28. The van der Waals surface area contributed by atoms with Crippen LogP contribution in [-0.4, -0.2) is 16.4 Å². The lowest BCUT2D eigenvalue weighted by Gasteiger charge is -2.32. The average molecular weight is 291 g/mol. The molecular formula is C15H21N3O3. The van der Waals surface area contributed by atoms with Crippen molar-refractivity contribution in [3.63, 3.8) is 0 Å². The van der Waals surface area contributed by atoms with Gasteiger partial charge < -0.3 is 11.1 Å². The summed E-state index contributed by atoms with van der Waals surface area (Å²) in [4.78, 5) is 22.5. The van der Waals surface area contributed by atoms with Gasteiger partial charge in [-0.2, -0.15) is 0 Å². The van der Waals surface area contributed by atoms with Crippen molar-refractivity contribution >= 4 is 11.6 Å². The van der Waals surface area contributed by atoms with Crippen molar-refractivity contribution in [1.82, 2.24) is 5.32 Å². The molecule has 1 saturated carbocycles. The molecule has 1 amide bonds. The SMILES string of the molecule is NC1(CC(=O)NCc2ccccc2[N+](=O)[O-])CCCCC1.